The summed E-state index contributed by atoms with van der Waals surface area (Å²) in [5.41, 5.74) is 0.643. The molecule has 0 amide bonds. The Hall–Kier alpha value is -2.63. The average molecular weight is 316 g/mol. The van der Waals surface area contributed by atoms with Gasteiger partial charge in [0, 0.05) is 0 Å². The first-order chi connectivity index (χ1) is 11.1. The van der Waals surface area contributed by atoms with Crippen LogP contribution in [0.1, 0.15) is 17.8 Å². The molecular weight excluding hydrogens is 304 g/mol. The van der Waals surface area contributed by atoms with Crippen molar-refractivity contribution in [3.63, 3.8) is 0 Å². The van der Waals surface area contributed by atoms with E-state index in [1.54, 1.807) is 0 Å². The molecule has 0 aliphatic carbocycles. The van der Waals surface area contributed by atoms with Crippen LogP contribution in [0.15, 0.2) is 12.7 Å². The molecule has 0 saturated carbocycles. The van der Waals surface area contributed by atoms with E-state index in [4.69, 9.17) is 20.4 Å². The molecule has 1 fully saturated rings. The summed E-state index contributed by atoms with van der Waals surface area (Å²) in [6.07, 6.45) is -1.98. The Kier molecular flexibility index (Phi) is 3.90. The van der Waals surface area contributed by atoms with E-state index in [1.807, 2.05) is 12.1 Å². The van der Waals surface area contributed by atoms with Gasteiger partial charge in [0.15, 0.2) is 17.8 Å². The van der Waals surface area contributed by atoms with Crippen molar-refractivity contribution >= 4 is 11.2 Å². The summed E-state index contributed by atoms with van der Waals surface area (Å²) >= 11 is 0. The highest BCUT2D eigenvalue weighted by Gasteiger charge is 2.44. The van der Waals surface area contributed by atoms with Crippen molar-refractivity contribution < 1.29 is 20.1 Å². The number of aliphatic hydroxyl groups excluding tert-OH is 3. The maximum absolute atomic E-state index is 10.1. The minimum atomic E-state index is -1.29. The number of fused-ring (bicyclic) bond motifs is 1. The third-order valence-electron chi connectivity index (χ3n) is 3.71. The number of imidazole rings is 1. The summed E-state index contributed by atoms with van der Waals surface area (Å²) < 4.78 is 6.79. The lowest BCUT2D eigenvalue weighted by atomic mass is 10.1. The zero-order valence-electron chi connectivity index (χ0n) is 11.7. The van der Waals surface area contributed by atoms with Gasteiger partial charge >= 0.3 is 0 Å². The molecule has 1 aliphatic heterocycles. The van der Waals surface area contributed by atoms with Crippen LogP contribution in [0.25, 0.3) is 11.2 Å². The van der Waals surface area contributed by atoms with Crippen LogP contribution in [-0.4, -0.2) is 59.8 Å². The molecule has 0 unspecified atom stereocenters. The fourth-order valence-corrected chi connectivity index (χ4v) is 2.53. The Morgan fingerprint density at radius 2 is 1.96 bits per heavy atom. The first-order valence-corrected chi connectivity index (χ1v) is 6.71. The maximum atomic E-state index is 10.1. The van der Waals surface area contributed by atoms with Crippen molar-refractivity contribution in [3.8, 4) is 12.1 Å². The molecule has 118 valence electrons. The van der Waals surface area contributed by atoms with Crippen molar-refractivity contribution in [2.24, 2.45) is 0 Å². The fourth-order valence-electron chi connectivity index (χ4n) is 2.53. The van der Waals surface area contributed by atoms with E-state index in [0.717, 1.165) is 0 Å². The molecule has 2 aromatic rings. The van der Waals surface area contributed by atoms with Gasteiger partial charge in [-0.3, -0.25) is 4.57 Å². The van der Waals surface area contributed by atoms with Gasteiger partial charge in [0.25, 0.3) is 0 Å². The van der Waals surface area contributed by atoms with E-state index < -0.39 is 37.1 Å². The lowest BCUT2D eigenvalue weighted by Gasteiger charge is -2.16. The molecule has 3 heterocycles. The third kappa shape index (κ3) is 2.30. The second-order valence-electron chi connectivity index (χ2n) is 5.00. The SMILES string of the molecule is N#CC(C#N)c1ncnc2c1ncn2[C@@H]1O[C@H](CO)[C@@H](O)[C@H]1O. The number of nitrogens with zero attached hydrogens (tertiary/aromatic N) is 6. The number of aliphatic hydroxyl groups is 3. The quantitative estimate of drug-likeness (QED) is 0.616. The molecule has 3 rings (SSSR count). The Balaban J connectivity index is 2.07. The molecule has 3 N–H and O–H groups in total. The van der Waals surface area contributed by atoms with Gasteiger partial charge < -0.3 is 20.1 Å². The summed E-state index contributed by atoms with van der Waals surface area (Å²) in [5, 5.41) is 47.1. The molecule has 0 spiro atoms. The third-order valence-corrected chi connectivity index (χ3v) is 3.71. The smallest absolute Gasteiger partial charge is 0.177 e. The zero-order valence-corrected chi connectivity index (χ0v) is 11.7. The van der Waals surface area contributed by atoms with E-state index in [0.29, 0.717) is 0 Å². The van der Waals surface area contributed by atoms with Crippen LogP contribution in [0, 0.1) is 22.7 Å². The topological polar surface area (TPSA) is 161 Å². The molecule has 0 aromatic carbocycles. The van der Waals surface area contributed by atoms with Crippen molar-refractivity contribution in [1.82, 2.24) is 19.5 Å². The largest absolute Gasteiger partial charge is 0.394 e. The summed E-state index contributed by atoms with van der Waals surface area (Å²) in [7, 11) is 0. The summed E-state index contributed by atoms with van der Waals surface area (Å²) in [5.74, 6) is -1.10. The van der Waals surface area contributed by atoms with Gasteiger partial charge in [-0.15, -0.1) is 0 Å². The van der Waals surface area contributed by atoms with E-state index in [2.05, 4.69) is 15.0 Å². The second kappa shape index (κ2) is 5.87. The van der Waals surface area contributed by atoms with E-state index >= 15 is 0 Å². The van der Waals surface area contributed by atoms with Crippen LogP contribution in [-0.2, 0) is 4.74 Å². The highest BCUT2D eigenvalue weighted by molar-refractivity contribution is 5.75. The van der Waals surface area contributed by atoms with Crippen molar-refractivity contribution in [1.29, 1.82) is 10.5 Å². The molecular formula is C13H12N6O4. The molecule has 10 heteroatoms. The Bertz CT molecular complexity index is 795. The molecule has 0 bridgehead atoms. The summed E-state index contributed by atoms with van der Waals surface area (Å²) in [6, 6.07) is 3.63. The van der Waals surface area contributed by atoms with Gasteiger partial charge in [-0.2, -0.15) is 10.5 Å². The number of nitriles is 2. The zero-order chi connectivity index (χ0) is 16.6. The number of aromatic nitrogens is 4. The lowest BCUT2D eigenvalue weighted by molar-refractivity contribution is -0.0511. The van der Waals surface area contributed by atoms with Crippen molar-refractivity contribution in [2.75, 3.05) is 6.61 Å². The summed E-state index contributed by atoms with van der Waals surface area (Å²) in [6.45, 7) is -0.452. The summed E-state index contributed by atoms with van der Waals surface area (Å²) in [4.78, 5) is 12.1. The lowest BCUT2D eigenvalue weighted by Crippen LogP contribution is -2.33. The van der Waals surface area contributed by atoms with Crippen LogP contribution < -0.4 is 0 Å². The van der Waals surface area contributed by atoms with Crippen molar-refractivity contribution in [3.05, 3.63) is 18.3 Å². The van der Waals surface area contributed by atoms with Gasteiger partial charge in [-0.05, 0) is 0 Å². The molecule has 4 atom stereocenters. The van der Waals surface area contributed by atoms with Gasteiger partial charge in [0.05, 0.1) is 25.1 Å². The second-order valence-corrected chi connectivity index (χ2v) is 5.00. The van der Waals surface area contributed by atoms with Crippen LogP contribution in [0.4, 0.5) is 0 Å². The standard InChI is InChI=1S/C13H12N6O4/c14-1-6(2-15)8-9-12(17-4-16-8)19(5-18-9)13-11(22)10(21)7(3-20)23-13/h4-7,10-11,13,20-22H,3H2/t7-,10-,11-,13-/m1/s1. The molecule has 2 aromatic heterocycles. The van der Waals surface area contributed by atoms with Crippen LogP contribution in [0.5, 0.6) is 0 Å². The maximum Gasteiger partial charge on any atom is 0.177 e. The number of ether oxygens (including phenoxy) is 1. The fraction of sp³-hybridized carbons (Fsp3) is 0.462. The molecule has 23 heavy (non-hydrogen) atoms. The van der Waals surface area contributed by atoms with E-state index in [1.165, 1.54) is 17.2 Å². The first-order valence-electron chi connectivity index (χ1n) is 6.71. The van der Waals surface area contributed by atoms with Gasteiger partial charge in [-0.25, -0.2) is 15.0 Å². The number of hydrogen-bond acceptors (Lipinski definition) is 9. The molecule has 10 nitrogen and oxygen atoms in total. The normalized spacial score (nSPS) is 27.2. The molecule has 0 radical (unpaired) electrons. The highest BCUT2D eigenvalue weighted by Crippen LogP contribution is 2.32. The monoisotopic (exact) mass is 316 g/mol. The molecule has 1 aliphatic rings. The first kappa shape index (κ1) is 15.3. The van der Waals surface area contributed by atoms with E-state index in [-0.39, 0.29) is 16.9 Å². The Morgan fingerprint density at radius 3 is 2.57 bits per heavy atom. The number of hydrogen-bond donors (Lipinski definition) is 3. The van der Waals surface area contributed by atoms with Crippen LogP contribution in [0.3, 0.4) is 0 Å². The van der Waals surface area contributed by atoms with Crippen LogP contribution in [0.2, 0.25) is 0 Å². The van der Waals surface area contributed by atoms with Gasteiger partial charge in [-0.1, -0.05) is 0 Å². The Labute approximate surface area is 129 Å². The van der Waals surface area contributed by atoms with Crippen LogP contribution >= 0.6 is 0 Å². The van der Waals surface area contributed by atoms with Gasteiger partial charge in [0.1, 0.15) is 35.8 Å². The minimum Gasteiger partial charge on any atom is -0.394 e. The molecule has 1 saturated heterocycles. The number of rotatable bonds is 3. The van der Waals surface area contributed by atoms with Gasteiger partial charge in [0.2, 0.25) is 0 Å². The predicted octanol–water partition coefficient (Wildman–Crippen LogP) is -1.43. The Morgan fingerprint density at radius 1 is 1.22 bits per heavy atom. The predicted molar refractivity (Wildman–Crippen MR) is 72.3 cm³/mol. The highest BCUT2D eigenvalue weighted by atomic mass is 16.6. The van der Waals surface area contributed by atoms with E-state index in [9.17, 15) is 10.2 Å². The van der Waals surface area contributed by atoms with Crippen molar-refractivity contribution in [2.45, 2.75) is 30.5 Å². The average Bonchev–Trinajstić information content (AvgIpc) is 3.11. The minimum absolute atomic E-state index is 0.158.